The lowest BCUT2D eigenvalue weighted by atomic mass is 10.2. The second-order valence-electron chi connectivity index (χ2n) is 5.20. The average Bonchev–Trinajstić information content (AvgIpc) is 2.39. The second kappa shape index (κ2) is 10.3. The third kappa shape index (κ3) is 10.8. The Morgan fingerprint density at radius 2 is 1.48 bits per heavy atom. The van der Waals surface area contributed by atoms with Gasteiger partial charge in [-0.2, -0.15) is 0 Å². The molecule has 128 valence electrons. The first kappa shape index (κ1) is 20.5. The van der Waals surface area contributed by atoms with Crippen molar-refractivity contribution in [3.63, 3.8) is 0 Å². The van der Waals surface area contributed by atoms with Gasteiger partial charge in [-0.15, -0.1) is 0 Å². The van der Waals surface area contributed by atoms with Gasteiger partial charge in [0.25, 0.3) is 0 Å². The van der Waals surface area contributed by atoms with Gasteiger partial charge in [-0.25, -0.2) is 4.79 Å². The molecule has 23 heavy (non-hydrogen) atoms. The highest BCUT2D eigenvalue weighted by Crippen LogP contribution is 1.96. The van der Waals surface area contributed by atoms with E-state index in [4.69, 9.17) is 4.74 Å². The fourth-order valence-corrected chi connectivity index (χ4v) is 1.48. The zero-order chi connectivity index (χ0) is 18.0. The van der Waals surface area contributed by atoms with E-state index in [9.17, 15) is 24.0 Å². The molecule has 0 aromatic heterocycles. The molecule has 8 heteroatoms. The molecule has 0 rings (SSSR count). The molecule has 0 spiro atoms. The molecular formula is C15H22N2O6. The van der Waals surface area contributed by atoms with Crippen molar-refractivity contribution in [3.05, 3.63) is 12.2 Å². The summed E-state index contributed by atoms with van der Waals surface area (Å²) in [5, 5.41) is 4.94. The number of carbonyl (C=O) groups is 5. The van der Waals surface area contributed by atoms with Crippen LogP contribution in [0.3, 0.4) is 0 Å². The summed E-state index contributed by atoms with van der Waals surface area (Å²) in [6.45, 7) is 7.20. The van der Waals surface area contributed by atoms with Crippen LogP contribution in [-0.4, -0.2) is 48.5 Å². The predicted octanol–water partition coefficient (Wildman–Crippen LogP) is -0.335. The maximum Gasteiger partial charge on any atom is 0.333 e. The lowest BCUT2D eigenvalue weighted by Crippen LogP contribution is -2.47. The van der Waals surface area contributed by atoms with Crippen LogP contribution in [0.2, 0.25) is 0 Å². The predicted molar refractivity (Wildman–Crippen MR) is 81.3 cm³/mol. The Kier molecular flexibility index (Phi) is 9.14. The summed E-state index contributed by atoms with van der Waals surface area (Å²) in [6.07, 6.45) is -0.591. The molecule has 0 fully saturated rings. The number of hydrogen-bond donors (Lipinski definition) is 2. The molecule has 0 aliphatic rings. The first-order valence-electron chi connectivity index (χ1n) is 6.99. The third-order valence-corrected chi connectivity index (χ3v) is 2.49. The van der Waals surface area contributed by atoms with Gasteiger partial charge in [-0.1, -0.05) is 6.58 Å². The van der Waals surface area contributed by atoms with E-state index in [0.29, 0.717) is 0 Å². The largest absolute Gasteiger partial charge is 0.460 e. The quantitative estimate of drug-likeness (QED) is 0.322. The number of nitrogens with one attached hydrogen (secondary N) is 2. The number of ketones is 2. The van der Waals surface area contributed by atoms with Crippen molar-refractivity contribution in [2.24, 2.45) is 0 Å². The number of rotatable bonds is 10. The van der Waals surface area contributed by atoms with Crippen molar-refractivity contribution in [2.45, 2.75) is 39.7 Å². The van der Waals surface area contributed by atoms with E-state index in [0.717, 1.165) is 0 Å². The van der Waals surface area contributed by atoms with E-state index in [1.807, 2.05) is 0 Å². The van der Waals surface area contributed by atoms with E-state index >= 15 is 0 Å². The molecule has 1 unspecified atom stereocenters. The van der Waals surface area contributed by atoms with Crippen molar-refractivity contribution in [1.29, 1.82) is 0 Å². The maximum absolute atomic E-state index is 11.6. The summed E-state index contributed by atoms with van der Waals surface area (Å²) < 4.78 is 4.93. The Bertz CT molecular complexity index is 512. The topological polar surface area (TPSA) is 119 Å². The lowest BCUT2D eigenvalue weighted by Gasteiger charge is -2.19. The van der Waals surface area contributed by atoms with Gasteiger partial charge < -0.3 is 15.4 Å². The highest BCUT2D eigenvalue weighted by molar-refractivity contribution is 5.97. The van der Waals surface area contributed by atoms with Crippen LogP contribution in [0.25, 0.3) is 0 Å². The van der Waals surface area contributed by atoms with Crippen molar-refractivity contribution >= 4 is 29.4 Å². The lowest BCUT2D eigenvalue weighted by molar-refractivity contribution is -0.140. The van der Waals surface area contributed by atoms with E-state index in [1.165, 1.54) is 20.8 Å². The van der Waals surface area contributed by atoms with Crippen LogP contribution < -0.4 is 10.6 Å². The smallest absolute Gasteiger partial charge is 0.333 e. The summed E-state index contributed by atoms with van der Waals surface area (Å²) in [5.41, 5.74) is 0.194. The molecule has 0 heterocycles. The van der Waals surface area contributed by atoms with Gasteiger partial charge in [-0.05, 0) is 20.8 Å². The number of hydrogen-bond acceptors (Lipinski definition) is 6. The van der Waals surface area contributed by atoms with Gasteiger partial charge in [0, 0.05) is 12.1 Å². The Balaban J connectivity index is 4.58. The minimum absolute atomic E-state index is 0.0424. The van der Waals surface area contributed by atoms with Crippen LogP contribution in [0.5, 0.6) is 0 Å². The van der Waals surface area contributed by atoms with Crippen LogP contribution in [-0.2, 0) is 28.7 Å². The molecule has 0 aromatic carbocycles. The molecule has 0 aliphatic carbocycles. The second-order valence-corrected chi connectivity index (χ2v) is 5.20. The van der Waals surface area contributed by atoms with Crippen LogP contribution in [0, 0.1) is 0 Å². The molecule has 0 saturated heterocycles. The molecule has 1 atom stereocenters. The minimum Gasteiger partial charge on any atom is -0.460 e. The van der Waals surface area contributed by atoms with Crippen molar-refractivity contribution in [1.82, 2.24) is 10.6 Å². The number of amides is 2. The SMILES string of the molecule is C=C(C)C(=O)OCC(CNC(=O)CC(C)=O)NC(=O)CC(C)=O. The molecule has 2 N–H and O–H groups in total. The molecule has 0 aromatic rings. The van der Waals surface area contributed by atoms with Crippen LogP contribution in [0.15, 0.2) is 12.2 Å². The maximum atomic E-state index is 11.6. The standard InChI is InChI=1S/C15H22N2O6/c1-9(2)15(22)23-8-12(17-14(21)6-11(4)19)7-16-13(20)5-10(3)18/h12H,1,5-8H2,2-4H3,(H,16,20)(H,17,21). The Hall–Kier alpha value is -2.51. The summed E-state index contributed by atoms with van der Waals surface area (Å²) in [4.78, 5) is 56.2. The Labute approximate surface area is 134 Å². The average molecular weight is 326 g/mol. The van der Waals surface area contributed by atoms with Crippen LogP contribution >= 0.6 is 0 Å². The Morgan fingerprint density at radius 1 is 0.957 bits per heavy atom. The molecule has 0 saturated carbocycles. The summed E-state index contributed by atoms with van der Waals surface area (Å²) in [6, 6.07) is -0.721. The normalized spacial score (nSPS) is 11.1. The third-order valence-electron chi connectivity index (χ3n) is 2.49. The summed E-state index contributed by atoms with van der Waals surface area (Å²) >= 11 is 0. The van der Waals surface area contributed by atoms with E-state index in [2.05, 4.69) is 17.2 Å². The fraction of sp³-hybridized carbons (Fsp3) is 0.533. The first-order valence-corrected chi connectivity index (χ1v) is 6.99. The molecule has 0 bridgehead atoms. The highest BCUT2D eigenvalue weighted by atomic mass is 16.5. The first-order chi connectivity index (χ1) is 10.6. The zero-order valence-corrected chi connectivity index (χ0v) is 13.6. The molecule has 8 nitrogen and oxygen atoms in total. The molecule has 0 aliphatic heterocycles. The monoisotopic (exact) mass is 326 g/mol. The van der Waals surface area contributed by atoms with E-state index in [1.54, 1.807) is 0 Å². The summed E-state index contributed by atoms with van der Waals surface area (Å²) in [5.74, 6) is -2.30. The summed E-state index contributed by atoms with van der Waals surface area (Å²) in [7, 11) is 0. The minimum atomic E-state index is -0.721. The van der Waals surface area contributed by atoms with Crippen LogP contribution in [0.4, 0.5) is 0 Å². The van der Waals surface area contributed by atoms with E-state index in [-0.39, 0.29) is 43.1 Å². The van der Waals surface area contributed by atoms with Crippen molar-refractivity contribution in [2.75, 3.05) is 13.2 Å². The molecule has 2 amide bonds. The van der Waals surface area contributed by atoms with Crippen molar-refractivity contribution < 1.29 is 28.7 Å². The van der Waals surface area contributed by atoms with Gasteiger partial charge in [0.2, 0.25) is 11.8 Å². The highest BCUT2D eigenvalue weighted by Gasteiger charge is 2.17. The van der Waals surface area contributed by atoms with Gasteiger partial charge in [0.15, 0.2) is 0 Å². The Morgan fingerprint density at radius 3 is 1.96 bits per heavy atom. The number of carbonyl (C=O) groups excluding carboxylic acids is 5. The van der Waals surface area contributed by atoms with Gasteiger partial charge in [0.05, 0.1) is 18.9 Å². The zero-order valence-electron chi connectivity index (χ0n) is 13.6. The molecular weight excluding hydrogens is 304 g/mol. The van der Waals surface area contributed by atoms with E-state index < -0.39 is 23.8 Å². The van der Waals surface area contributed by atoms with Gasteiger partial charge in [-0.3, -0.25) is 19.2 Å². The number of ether oxygens (including phenoxy) is 1. The molecule has 0 radical (unpaired) electrons. The number of Topliss-reactive ketones (excluding diaryl/α,β-unsaturated/α-hetero) is 2. The van der Waals surface area contributed by atoms with Gasteiger partial charge >= 0.3 is 5.97 Å². The van der Waals surface area contributed by atoms with Crippen molar-refractivity contribution in [3.8, 4) is 0 Å². The van der Waals surface area contributed by atoms with Gasteiger partial charge in [0.1, 0.15) is 18.2 Å². The fourth-order valence-electron chi connectivity index (χ4n) is 1.48. The number of esters is 1. The van der Waals surface area contributed by atoms with Crippen LogP contribution in [0.1, 0.15) is 33.6 Å².